The van der Waals surface area contributed by atoms with Gasteiger partial charge >= 0.3 is 12.1 Å². The van der Waals surface area contributed by atoms with E-state index in [-0.39, 0.29) is 17.1 Å². The summed E-state index contributed by atoms with van der Waals surface area (Å²) in [6, 6.07) is 3.38. The Labute approximate surface area is 117 Å². The molecule has 0 aliphatic carbocycles. The van der Waals surface area contributed by atoms with E-state index in [1.54, 1.807) is 0 Å². The van der Waals surface area contributed by atoms with Crippen molar-refractivity contribution in [2.45, 2.75) is 6.18 Å². The summed E-state index contributed by atoms with van der Waals surface area (Å²) in [5.74, 6) is -1.04. The molecule has 1 heterocycles. The second-order valence-corrected chi connectivity index (χ2v) is 3.92. The first-order valence-electron chi connectivity index (χ1n) is 5.63. The van der Waals surface area contributed by atoms with Crippen LogP contribution in [0.3, 0.4) is 0 Å². The third-order valence-corrected chi connectivity index (χ3v) is 2.64. The second-order valence-electron chi connectivity index (χ2n) is 3.92. The van der Waals surface area contributed by atoms with Crippen LogP contribution in [0, 0.1) is 0 Å². The molecule has 112 valence electrons. The third kappa shape index (κ3) is 2.96. The van der Waals surface area contributed by atoms with Gasteiger partial charge in [-0.25, -0.2) is 9.48 Å². The Morgan fingerprint density at radius 2 is 2.00 bits per heavy atom. The molecule has 0 saturated carbocycles. The number of carbonyl (C=O) groups excluding carboxylic acids is 1. The number of halogens is 3. The summed E-state index contributed by atoms with van der Waals surface area (Å²) in [7, 11) is 2.31. The van der Waals surface area contributed by atoms with E-state index in [0.717, 1.165) is 31.0 Å². The Morgan fingerprint density at radius 3 is 2.57 bits per heavy atom. The highest BCUT2D eigenvalue weighted by Crippen LogP contribution is 2.37. The molecule has 6 nitrogen and oxygen atoms in total. The molecule has 0 saturated heterocycles. The summed E-state index contributed by atoms with van der Waals surface area (Å²) in [6.07, 6.45) is -3.40. The van der Waals surface area contributed by atoms with Crippen LogP contribution < -0.4 is 4.74 Å². The maximum atomic E-state index is 12.9. The molecule has 0 unspecified atom stereocenters. The number of alkyl halides is 3. The zero-order valence-electron chi connectivity index (χ0n) is 11.0. The average Bonchev–Trinajstić information content (AvgIpc) is 2.94. The molecule has 1 aromatic carbocycles. The predicted octanol–water partition coefficient (Wildman–Crippen LogP) is 2.08. The van der Waals surface area contributed by atoms with Gasteiger partial charge < -0.3 is 9.47 Å². The topological polar surface area (TPSA) is 66.2 Å². The second kappa shape index (κ2) is 5.43. The zero-order valence-corrected chi connectivity index (χ0v) is 11.0. The van der Waals surface area contributed by atoms with Gasteiger partial charge in [-0.05, 0) is 18.2 Å². The zero-order chi connectivity index (χ0) is 15.6. The number of benzene rings is 1. The van der Waals surface area contributed by atoms with Crippen LogP contribution in [-0.2, 0) is 10.9 Å². The number of aromatic nitrogens is 3. The largest absolute Gasteiger partial charge is 0.496 e. The van der Waals surface area contributed by atoms with Gasteiger partial charge in [-0.15, -0.1) is 5.10 Å². The van der Waals surface area contributed by atoms with Gasteiger partial charge in [0, 0.05) is 0 Å². The number of hydrogen-bond donors (Lipinski definition) is 0. The van der Waals surface area contributed by atoms with Crippen LogP contribution in [0.25, 0.3) is 5.69 Å². The smallest absolute Gasteiger partial charge is 0.420 e. The summed E-state index contributed by atoms with van der Waals surface area (Å²) in [5, 5.41) is 7.12. The van der Waals surface area contributed by atoms with Crippen molar-refractivity contribution in [3.63, 3.8) is 0 Å². The van der Waals surface area contributed by atoms with Crippen molar-refractivity contribution < 1.29 is 27.4 Å². The minimum Gasteiger partial charge on any atom is -0.496 e. The molecular formula is C12H10F3N3O3. The number of nitrogens with zero attached hydrogens (tertiary/aromatic N) is 3. The van der Waals surface area contributed by atoms with E-state index in [1.807, 2.05) is 0 Å². The highest BCUT2D eigenvalue weighted by atomic mass is 19.4. The fourth-order valence-electron chi connectivity index (χ4n) is 1.65. The van der Waals surface area contributed by atoms with Crippen molar-refractivity contribution >= 4 is 5.97 Å². The highest BCUT2D eigenvalue weighted by Gasteiger charge is 2.34. The van der Waals surface area contributed by atoms with E-state index < -0.39 is 17.7 Å². The molecule has 9 heteroatoms. The Balaban J connectivity index is 2.45. The molecule has 0 atom stereocenters. The van der Waals surface area contributed by atoms with Gasteiger partial charge in [0.25, 0.3) is 0 Å². The molecule has 0 fully saturated rings. The van der Waals surface area contributed by atoms with Crippen molar-refractivity contribution in [3.8, 4) is 11.4 Å². The van der Waals surface area contributed by atoms with Gasteiger partial charge in [-0.2, -0.15) is 13.2 Å². The summed E-state index contributed by atoms with van der Waals surface area (Å²) in [4.78, 5) is 11.2. The fourth-order valence-corrected chi connectivity index (χ4v) is 1.65. The predicted molar refractivity (Wildman–Crippen MR) is 64.3 cm³/mol. The first-order valence-corrected chi connectivity index (χ1v) is 5.63. The van der Waals surface area contributed by atoms with E-state index >= 15 is 0 Å². The summed E-state index contributed by atoms with van der Waals surface area (Å²) < 4.78 is 48.9. The third-order valence-electron chi connectivity index (χ3n) is 2.64. The number of rotatable bonds is 3. The number of carbonyl (C=O) groups is 1. The molecule has 1 aromatic heterocycles. The summed E-state index contributed by atoms with van der Waals surface area (Å²) >= 11 is 0. The van der Waals surface area contributed by atoms with Gasteiger partial charge in [-0.1, -0.05) is 5.21 Å². The molecule has 0 N–H and O–H groups in total. The Bertz CT molecular complexity index is 667. The minimum absolute atomic E-state index is 0.0887. The van der Waals surface area contributed by atoms with E-state index in [2.05, 4.69) is 19.8 Å². The lowest BCUT2D eigenvalue weighted by Gasteiger charge is -2.13. The lowest BCUT2D eigenvalue weighted by molar-refractivity contribution is -0.138. The van der Waals surface area contributed by atoms with Gasteiger partial charge in [0.05, 0.1) is 31.7 Å². The van der Waals surface area contributed by atoms with E-state index in [9.17, 15) is 18.0 Å². The molecule has 2 aromatic rings. The van der Waals surface area contributed by atoms with Crippen LogP contribution >= 0.6 is 0 Å². The Kier molecular flexibility index (Phi) is 3.83. The summed E-state index contributed by atoms with van der Waals surface area (Å²) in [5.41, 5.74) is -0.967. The molecule has 2 rings (SSSR count). The monoisotopic (exact) mass is 301 g/mol. The standard InChI is InChI=1S/C12H10F3N3O3/c1-20-10-4-3-7(5-8(10)12(13,14)15)18-6-9(16-17-18)11(19)21-2/h3-6H,1-2H3. The number of esters is 1. The van der Waals surface area contributed by atoms with Gasteiger partial charge in [0.15, 0.2) is 5.69 Å². The lowest BCUT2D eigenvalue weighted by Crippen LogP contribution is -2.09. The SMILES string of the molecule is COC(=O)c1cn(-c2ccc(OC)c(C(F)(F)F)c2)nn1. The van der Waals surface area contributed by atoms with Crippen molar-refractivity contribution in [3.05, 3.63) is 35.7 Å². The Morgan fingerprint density at radius 1 is 1.29 bits per heavy atom. The fraction of sp³-hybridized carbons (Fsp3) is 0.250. The number of hydrogen-bond acceptors (Lipinski definition) is 5. The van der Waals surface area contributed by atoms with E-state index in [4.69, 9.17) is 0 Å². The van der Waals surface area contributed by atoms with Crippen LogP contribution in [0.1, 0.15) is 16.1 Å². The lowest BCUT2D eigenvalue weighted by atomic mass is 10.1. The van der Waals surface area contributed by atoms with Gasteiger partial charge in [0.1, 0.15) is 5.75 Å². The van der Waals surface area contributed by atoms with Crippen LogP contribution in [0.4, 0.5) is 13.2 Å². The van der Waals surface area contributed by atoms with Crippen LogP contribution in [0.5, 0.6) is 5.75 Å². The van der Waals surface area contributed by atoms with Gasteiger partial charge in [0.2, 0.25) is 0 Å². The number of ether oxygens (including phenoxy) is 2. The average molecular weight is 301 g/mol. The maximum Gasteiger partial charge on any atom is 0.420 e. The molecule has 21 heavy (non-hydrogen) atoms. The van der Waals surface area contributed by atoms with E-state index in [0.29, 0.717) is 0 Å². The van der Waals surface area contributed by atoms with Crippen LogP contribution in [0.2, 0.25) is 0 Å². The minimum atomic E-state index is -4.58. The molecule has 0 aliphatic heterocycles. The van der Waals surface area contributed by atoms with E-state index in [1.165, 1.54) is 12.3 Å². The normalized spacial score (nSPS) is 11.3. The van der Waals surface area contributed by atoms with Crippen molar-refractivity contribution in [2.75, 3.05) is 14.2 Å². The quantitative estimate of drug-likeness (QED) is 0.812. The molecule has 0 aliphatic rings. The van der Waals surface area contributed by atoms with Crippen molar-refractivity contribution in [1.82, 2.24) is 15.0 Å². The number of methoxy groups -OCH3 is 2. The first-order chi connectivity index (χ1) is 9.86. The molecule has 0 bridgehead atoms. The molecule has 0 radical (unpaired) electrons. The molecule has 0 amide bonds. The molecular weight excluding hydrogens is 291 g/mol. The Hall–Kier alpha value is -2.58. The van der Waals surface area contributed by atoms with Crippen molar-refractivity contribution in [1.29, 1.82) is 0 Å². The maximum absolute atomic E-state index is 12.9. The van der Waals surface area contributed by atoms with Crippen molar-refractivity contribution in [2.24, 2.45) is 0 Å². The van der Waals surface area contributed by atoms with Gasteiger partial charge in [-0.3, -0.25) is 0 Å². The highest BCUT2D eigenvalue weighted by molar-refractivity contribution is 5.86. The van der Waals surface area contributed by atoms with Crippen LogP contribution in [0.15, 0.2) is 24.4 Å². The van der Waals surface area contributed by atoms with Crippen LogP contribution in [-0.4, -0.2) is 35.2 Å². The summed E-state index contributed by atoms with van der Waals surface area (Å²) in [6.45, 7) is 0. The first kappa shape index (κ1) is 14.8. The molecule has 0 spiro atoms.